The fraction of sp³-hybridized carbons (Fsp3) is 0.500. The number of pyridine rings is 1. The zero-order valence-electron chi connectivity index (χ0n) is 17.6. The summed E-state index contributed by atoms with van der Waals surface area (Å²) in [5.74, 6) is 0.882. The second-order valence-electron chi connectivity index (χ2n) is 8.75. The van der Waals surface area contributed by atoms with Crippen molar-refractivity contribution in [2.45, 2.75) is 65.0 Å². The lowest BCUT2D eigenvalue weighted by molar-refractivity contribution is 0.0836. The summed E-state index contributed by atoms with van der Waals surface area (Å²) in [5, 5.41) is 24.1. The van der Waals surface area contributed by atoms with Crippen LogP contribution in [0.2, 0.25) is 0 Å². The molecule has 1 aliphatic rings. The quantitative estimate of drug-likeness (QED) is 0.633. The summed E-state index contributed by atoms with van der Waals surface area (Å²) >= 11 is 1.50. The Labute approximate surface area is 175 Å². The van der Waals surface area contributed by atoms with E-state index in [4.69, 9.17) is 9.72 Å². The molecule has 1 aliphatic carbocycles. The summed E-state index contributed by atoms with van der Waals surface area (Å²) in [6.45, 7) is 11.3. The standard InChI is InChI=1S/C22H28N4O2S/c1-6-28-15-10-16-12(2)7-18(24-19(16)17(11-15)22(3,4)5)20-25-26-21(29-20)23-13-8-14(27)9-13/h7,10-11,13-14,27H,6,8-9H2,1-5H3,(H,23,26). The number of aromatic nitrogens is 3. The molecule has 0 bridgehead atoms. The molecule has 3 aromatic rings. The largest absolute Gasteiger partial charge is 0.494 e. The molecule has 1 fully saturated rings. The van der Waals surface area contributed by atoms with Gasteiger partial charge < -0.3 is 15.2 Å². The Hall–Kier alpha value is -2.25. The van der Waals surface area contributed by atoms with E-state index >= 15 is 0 Å². The van der Waals surface area contributed by atoms with Crippen molar-refractivity contribution >= 4 is 27.4 Å². The molecule has 2 aromatic heterocycles. The molecule has 154 valence electrons. The predicted molar refractivity (Wildman–Crippen MR) is 118 cm³/mol. The lowest BCUT2D eigenvalue weighted by atomic mass is 9.84. The van der Waals surface area contributed by atoms with Crippen molar-refractivity contribution in [1.29, 1.82) is 0 Å². The maximum absolute atomic E-state index is 9.46. The first-order valence-corrected chi connectivity index (χ1v) is 10.9. The lowest BCUT2D eigenvalue weighted by Crippen LogP contribution is -2.38. The highest BCUT2D eigenvalue weighted by Gasteiger charge is 2.28. The summed E-state index contributed by atoms with van der Waals surface area (Å²) in [5.41, 5.74) is 4.06. The van der Waals surface area contributed by atoms with E-state index in [0.717, 1.165) is 56.5 Å². The topological polar surface area (TPSA) is 80.2 Å². The van der Waals surface area contributed by atoms with Crippen molar-refractivity contribution in [3.05, 3.63) is 29.3 Å². The maximum atomic E-state index is 9.46. The van der Waals surface area contributed by atoms with Crippen LogP contribution in [0.3, 0.4) is 0 Å². The first kappa shape index (κ1) is 20.0. The van der Waals surface area contributed by atoms with Crippen LogP contribution < -0.4 is 10.1 Å². The Balaban J connectivity index is 1.75. The monoisotopic (exact) mass is 412 g/mol. The third-order valence-electron chi connectivity index (χ3n) is 5.30. The van der Waals surface area contributed by atoms with Crippen molar-refractivity contribution in [2.24, 2.45) is 0 Å². The summed E-state index contributed by atoms with van der Waals surface area (Å²) in [4.78, 5) is 5.00. The second-order valence-corrected chi connectivity index (χ2v) is 9.73. The third kappa shape index (κ3) is 4.07. The number of nitrogens with zero attached hydrogens (tertiary/aromatic N) is 3. The van der Waals surface area contributed by atoms with E-state index in [-0.39, 0.29) is 17.6 Å². The number of benzene rings is 1. The van der Waals surface area contributed by atoms with E-state index in [9.17, 15) is 5.11 Å². The molecule has 7 heteroatoms. The van der Waals surface area contributed by atoms with Crippen LogP contribution in [0.1, 0.15) is 51.7 Å². The molecule has 0 aliphatic heterocycles. The summed E-state index contributed by atoms with van der Waals surface area (Å²) in [7, 11) is 0. The van der Waals surface area contributed by atoms with Gasteiger partial charge in [0, 0.05) is 11.4 Å². The van der Waals surface area contributed by atoms with Crippen LogP contribution in [0.15, 0.2) is 18.2 Å². The number of fused-ring (bicyclic) bond motifs is 1. The number of hydrogen-bond donors (Lipinski definition) is 2. The molecule has 0 atom stereocenters. The molecule has 6 nitrogen and oxygen atoms in total. The highest BCUT2D eigenvalue weighted by molar-refractivity contribution is 7.18. The summed E-state index contributed by atoms with van der Waals surface area (Å²) in [6, 6.07) is 6.54. The number of rotatable bonds is 5. The van der Waals surface area contributed by atoms with Crippen LogP contribution in [0.25, 0.3) is 21.6 Å². The molecule has 2 N–H and O–H groups in total. The summed E-state index contributed by atoms with van der Waals surface area (Å²) < 4.78 is 5.81. The van der Waals surface area contributed by atoms with Crippen molar-refractivity contribution in [3.8, 4) is 16.5 Å². The van der Waals surface area contributed by atoms with Gasteiger partial charge in [0.15, 0.2) is 5.01 Å². The minimum atomic E-state index is -0.193. The Morgan fingerprint density at radius 2 is 1.97 bits per heavy atom. The van der Waals surface area contributed by atoms with Crippen LogP contribution in [0.5, 0.6) is 5.75 Å². The van der Waals surface area contributed by atoms with Gasteiger partial charge in [-0.2, -0.15) is 0 Å². The van der Waals surface area contributed by atoms with E-state index in [1.807, 2.05) is 6.92 Å². The van der Waals surface area contributed by atoms with Gasteiger partial charge in [-0.05, 0) is 61.4 Å². The minimum Gasteiger partial charge on any atom is -0.494 e. The van der Waals surface area contributed by atoms with Gasteiger partial charge in [0.2, 0.25) is 5.13 Å². The molecule has 0 amide bonds. The lowest BCUT2D eigenvalue weighted by Gasteiger charge is -2.31. The zero-order chi connectivity index (χ0) is 20.8. The molecular weight excluding hydrogens is 384 g/mol. The Kier molecular flexibility index (Phi) is 5.21. The van der Waals surface area contributed by atoms with Gasteiger partial charge in [-0.1, -0.05) is 32.1 Å². The molecule has 0 spiro atoms. The fourth-order valence-corrected chi connectivity index (χ4v) is 4.44. The van der Waals surface area contributed by atoms with Crippen LogP contribution in [-0.4, -0.2) is 39.0 Å². The fourth-order valence-electron chi connectivity index (χ4n) is 3.66. The molecule has 1 aromatic carbocycles. The smallest absolute Gasteiger partial charge is 0.206 e. The van der Waals surface area contributed by atoms with E-state index < -0.39 is 0 Å². The first-order valence-electron chi connectivity index (χ1n) is 10.1. The van der Waals surface area contributed by atoms with E-state index in [1.165, 1.54) is 11.3 Å². The van der Waals surface area contributed by atoms with Gasteiger partial charge in [-0.25, -0.2) is 4.98 Å². The van der Waals surface area contributed by atoms with Crippen molar-refractivity contribution < 1.29 is 9.84 Å². The molecule has 0 radical (unpaired) electrons. The average Bonchev–Trinajstić information content (AvgIpc) is 3.08. The highest BCUT2D eigenvalue weighted by Crippen LogP contribution is 2.37. The number of ether oxygens (including phenoxy) is 1. The summed E-state index contributed by atoms with van der Waals surface area (Å²) in [6.07, 6.45) is 1.33. The van der Waals surface area contributed by atoms with Crippen LogP contribution in [-0.2, 0) is 5.41 Å². The minimum absolute atomic E-state index is 0.0671. The van der Waals surface area contributed by atoms with Crippen LogP contribution >= 0.6 is 11.3 Å². The average molecular weight is 413 g/mol. The van der Waals surface area contributed by atoms with Crippen LogP contribution in [0, 0.1) is 6.92 Å². The Morgan fingerprint density at radius 1 is 1.21 bits per heavy atom. The molecule has 1 saturated carbocycles. The predicted octanol–water partition coefficient (Wildman–Crippen LogP) is 4.69. The number of anilines is 1. The van der Waals surface area contributed by atoms with Gasteiger partial charge in [-0.15, -0.1) is 10.2 Å². The highest BCUT2D eigenvalue weighted by atomic mass is 32.1. The van der Waals surface area contributed by atoms with Gasteiger partial charge in [-0.3, -0.25) is 0 Å². The van der Waals surface area contributed by atoms with E-state index in [1.54, 1.807) is 0 Å². The van der Waals surface area contributed by atoms with Gasteiger partial charge in [0.05, 0.1) is 18.2 Å². The Bertz CT molecular complexity index is 1040. The number of aliphatic hydroxyl groups is 1. The van der Waals surface area contributed by atoms with Crippen LogP contribution in [0.4, 0.5) is 5.13 Å². The van der Waals surface area contributed by atoms with Crippen molar-refractivity contribution in [2.75, 3.05) is 11.9 Å². The Morgan fingerprint density at radius 3 is 2.62 bits per heavy atom. The number of nitrogens with one attached hydrogen (secondary N) is 1. The zero-order valence-corrected chi connectivity index (χ0v) is 18.4. The van der Waals surface area contributed by atoms with Gasteiger partial charge in [0.1, 0.15) is 11.4 Å². The number of aliphatic hydroxyl groups excluding tert-OH is 1. The van der Waals surface area contributed by atoms with Gasteiger partial charge in [0.25, 0.3) is 0 Å². The van der Waals surface area contributed by atoms with Crippen molar-refractivity contribution in [1.82, 2.24) is 15.2 Å². The second kappa shape index (κ2) is 7.54. The van der Waals surface area contributed by atoms with E-state index in [2.05, 4.69) is 61.4 Å². The van der Waals surface area contributed by atoms with Crippen molar-refractivity contribution in [3.63, 3.8) is 0 Å². The molecule has 0 saturated heterocycles. The normalized spacial score (nSPS) is 19.2. The third-order valence-corrected chi connectivity index (χ3v) is 6.17. The molecule has 29 heavy (non-hydrogen) atoms. The maximum Gasteiger partial charge on any atom is 0.206 e. The van der Waals surface area contributed by atoms with E-state index in [0.29, 0.717) is 6.61 Å². The molecule has 2 heterocycles. The SMILES string of the molecule is CCOc1cc(C(C)(C)C)c2nc(-c3nnc(NC4CC(O)C4)s3)cc(C)c2c1. The number of hydrogen-bond acceptors (Lipinski definition) is 7. The van der Waals surface area contributed by atoms with Gasteiger partial charge >= 0.3 is 0 Å². The molecule has 0 unspecified atom stereocenters. The number of aryl methyl sites for hydroxylation is 1. The molecule has 4 rings (SSSR count). The molecular formula is C22H28N4O2S. The first-order chi connectivity index (χ1) is 13.7.